The molecule has 0 rings (SSSR count). The van der Waals surface area contributed by atoms with Crippen LogP contribution in [0.3, 0.4) is 0 Å². The Kier molecular flexibility index (Phi) is 21.6. The molecular formula is C10H24O4. The van der Waals surface area contributed by atoms with Gasteiger partial charge in [-0.15, -0.1) is 0 Å². The third kappa shape index (κ3) is 22.6. The van der Waals surface area contributed by atoms with E-state index in [1.165, 1.54) is 0 Å². The molecular weight excluding hydrogens is 184 g/mol. The number of hydrogen-bond acceptors (Lipinski definition) is 4. The fourth-order valence-electron chi connectivity index (χ4n) is 0.626. The fraction of sp³-hybridized carbons (Fsp3) is 1.00. The average Bonchev–Trinajstić information content (AvgIpc) is 2.18. The summed E-state index contributed by atoms with van der Waals surface area (Å²) in [6.07, 6.45) is 0. The first-order valence-corrected chi connectivity index (χ1v) is 4.96. The first-order chi connectivity index (χ1) is 6.83. The smallest absolute Gasteiger partial charge is 0.0701 e. The summed E-state index contributed by atoms with van der Waals surface area (Å²) in [5.74, 6) is 0. The number of rotatable bonds is 8. The highest BCUT2D eigenvalue weighted by Gasteiger charge is 1.87. The molecule has 0 radical (unpaired) electrons. The molecule has 0 atom stereocenters. The van der Waals surface area contributed by atoms with E-state index >= 15 is 0 Å². The van der Waals surface area contributed by atoms with Crippen molar-refractivity contribution in [3.63, 3.8) is 0 Å². The van der Waals surface area contributed by atoms with Gasteiger partial charge in [-0.3, -0.25) is 0 Å². The monoisotopic (exact) mass is 208 g/mol. The predicted octanol–water partition coefficient (Wildman–Crippen LogP) is 1.34. The summed E-state index contributed by atoms with van der Waals surface area (Å²) in [5.41, 5.74) is 0. The van der Waals surface area contributed by atoms with Gasteiger partial charge in [0.25, 0.3) is 0 Å². The minimum absolute atomic E-state index is 0.668. The molecule has 0 aliphatic heterocycles. The van der Waals surface area contributed by atoms with E-state index in [2.05, 4.69) is 4.74 Å². The van der Waals surface area contributed by atoms with Crippen molar-refractivity contribution >= 4 is 0 Å². The summed E-state index contributed by atoms with van der Waals surface area (Å²) in [6.45, 7) is 8.16. The second-order valence-electron chi connectivity index (χ2n) is 2.41. The highest BCUT2D eigenvalue weighted by Crippen LogP contribution is 1.79. The van der Waals surface area contributed by atoms with Crippen LogP contribution < -0.4 is 0 Å². The van der Waals surface area contributed by atoms with Crippen LogP contribution in [0.15, 0.2) is 0 Å². The lowest BCUT2D eigenvalue weighted by Gasteiger charge is -2.03. The summed E-state index contributed by atoms with van der Waals surface area (Å²) in [7, 11) is 3.25. The van der Waals surface area contributed by atoms with Gasteiger partial charge in [-0.2, -0.15) is 0 Å². The van der Waals surface area contributed by atoms with Crippen molar-refractivity contribution in [1.82, 2.24) is 0 Å². The van der Waals surface area contributed by atoms with Crippen molar-refractivity contribution in [2.45, 2.75) is 13.8 Å². The fourth-order valence-corrected chi connectivity index (χ4v) is 0.626. The molecule has 0 fully saturated rings. The van der Waals surface area contributed by atoms with Crippen LogP contribution in [0.25, 0.3) is 0 Å². The van der Waals surface area contributed by atoms with Crippen molar-refractivity contribution in [2.24, 2.45) is 0 Å². The SMILES string of the molecule is CCOCCOCCOCC.COC. The predicted molar refractivity (Wildman–Crippen MR) is 56.7 cm³/mol. The molecule has 0 bridgehead atoms. The zero-order valence-corrected chi connectivity index (χ0v) is 9.88. The van der Waals surface area contributed by atoms with Gasteiger partial charge in [-0.1, -0.05) is 0 Å². The standard InChI is InChI=1S/C8H18O3.C2H6O/c1-3-9-5-7-11-8-6-10-4-2;1-3-2/h3-8H2,1-2H3;1-2H3. The van der Waals surface area contributed by atoms with Gasteiger partial charge in [0.05, 0.1) is 26.4 Å². The molecule has 88 valence electrons. The maximum absolute atomic E-state index is 5.19. The summed E-state index contributed by atoms with van der Waals surface area (Å²) in [5, 5.41) is 0. The van der Waals surface area contributed by atoms with Gasteiger partial charge in [-0.25, -0.2) is 0 Å². The largest absolute Gasteiger partial charge is 0.388 e. The molecule has 0 aromatic rings. The van der Waals surface area contributed by atoms with Crippen LogP contribution in [0.1, 0.15) is 13.8 Å². The van der Waals surface area contributed by atoms with Crippen molar-refractivity contribution in [2.75, 3.05) is 53.9 Å². The zero-order valence-electron chi connectivity index (χ0n) is 9.88. The Hall–Kier alpha value is -0.160. The molecule has 0 saturated carbocycles. The van der Waals surface area contributed by atoms with Crippen LogP contribution in [-0.2, 0) is 18.9 Å². The van der Waals surface area contributed by atoms with Gasteiger partial charge in [0.15, 0.2) is 0 Å². The van der Waals surface area contributed by atoms with Crippen LogP contribution in [0.5, 0.6) is 0 Å². The third-order valence-corrected chi connectivity index (χ3v) is 1.15. The van der Waals surface area contributed by atoms with E-state index in [9.17, 15) is 0 Å². The van der Waals surface area contributed by atoms with Gasteiger partial charge in [0, 0.05) is 27.4 Å². The van der Waals surface area contributed by atoms with Gasteiger partial charge in [0.1, 0.15) is 0 Å². The maximum Gasteiger partial charge on any atom is 0.0701 e. The van der Waals surface area contributed by atoms with Gasteiger partial charge >= 0.3 is 0 Å². The molecule has 4 heteroatoms. The van der Waals surface area contributed by atoms with Crippen LogP contribution in [0.2, 0.25) is 0 Å². The highest BCUT2D eigenvalue weighted by atomic mass is 16.5. The Morgan fingerprint density at radius 2 is 0.929 bits per heavy atom. The van der Waals surface area contributed by atoms with Crippen molar-refractivity contribution in [3.05, 3.63) is 0 Å². The van der Waals surface area contributed by atoms with Crippen LogP contribution in [0, 0.1) is 0 Å². The zero-order chi connectivity index (χ0) is 11.1. The molecule has 0 unspecified atom stereocenters. The van der Waals surface area contributed by atoms with E-state index in [1.807, 2.05) is 13.8 Å². The van der Waals surface area contributed by atoms with Crippen LogP contribution in [-0.4, -0.2) is 53.9 Å². The minimum Gasteiger partial charge on any atom is -0.388 e. The second-order valence-corrected chi connectivity index (χ2v) is 2.41. The topological polar surface area (TPSA) is 36.9 Å². The molecule has 0 spiro atoms. The first kappa shape index (κ1) is 16.3. The Morgan fingerprint density at radius 1 is 0.643 bits per heavy atom. The van der Waals surface area contributed by atoms with Gasteiger partial charge < -0.3 is 18.9 Å². The van der Waals surface area contributed by atoms with Crippen LogP contribution >= 0.6 is 0 Å². The number of methoxy groups -OCH3 is 1. The second kappa shape index (κ2) is 18.6. The Labute approximate surface area is 87.5 Å². The Balaban J connectivity index is 0. The van der Waals surface area contributed by atoms with Crippen molar-refractivity contribution < 1.29 is 18.9 Å². The molecule has 0 N–H and O–H groups in total. The van der Waals surface area contributed by atoms with Crippen molar-refractivity contribution in [1.29, 1.82) is 0 Å². The van der Waals surface area contributed by atoms with E-state index in [4.69, 9.17) is 14.2 Å². The number of ether oxygens (including phenoxy) is 4. The Bertz CT molecular complexity index is 70.5. The van der Waals surface area contributed by atoms with Gasteiger partial charge in [-0.05, 0) is 13.8 Å². The quantitative estimate of drug-likeness (QED) is 0.564. The Morgan fingerprint density at radius 3 is 1.21 bits per heavy atom. The molecule has 0 aliphatic carbocycles. The van der Waals surface area contributed by atoms with E-state index < -0.39 is 0 Å². The average molecular weight is 208 g/mol. The highest BCUT2D eigenvalue weighted by molar-refractivity contribution is 4.30. The normalized spacial score (nSPS) is 9.43. The van der Waals surface area contributed by atoms with E-state index in [0.29, 0.717) is 26.4 Å². The van der Waals surface area contributed by atoms with E-state index in [1.54, 1.807) is 14.2 Å². The van der Waals surface area contributed by atoms with Gasteiger partial charge in [0.2, 0.25) is 0 Å². The van der Waals surface area contributed by atoms with E-state index in [0.717, 1.165) is 13.2 Å². The molecule has 0 aromatic heterocycles. The minimum atomic E-state index is 0.668. The lowest BCUT2D eigenvalue weighted by atomic mass is 10.7. The lowest BCUT2D eigenvalue weighted by Crippen LogP contribution is -2.08. The molecule has 0 amide bonds. The summed E-state index contributed by atoms with van der Waals surface area (Å²) in [4.78, 5) is 0. The molecule has 14 heavy (non-hydrogen) atoms. The molecule has 0 heterocycles. The molecule has 0 aromatic carbocycles. The van der Waals surface area contributed by atoms with Crippen LogP contribution in [0.4, 0.5) is 0 Å². The first-order valence-electron chi connectivity index (χ1n) is 4.96. The summed E-state index contributed by atoms with van der Waals surface area (Å²) in [6, 6.07) is 0. The summed E-state index contributed by atoms with van der Waals surface area (Å²) >= 11 is 0. The lowest BCUT2D eigenvalue weighted by molar-refractivity contribution is 0.0195. The third-order valence-electron chi connectivity index (χ3n) is 1.15. The summed E-state index contributed by atoms with van der Waals surface area (Å²) < 4.78 is 19.6. The van der Waals surface area contributed by atoms with Crippen molar-refractivity contribution in [3.8, 4) is 0 Å². The van der Waals surface area contributed by atoms with E-state index in [-0.39, 0.29) is 0 Å². The molecule has 0 saturated heterocycles. The number of hydrogen-bond donors (Lipinski definition) is 0. The molecule has 4 nitrogen and oxygen atoms in total. The maximum atomic E-state index is 5.19. The molecule has 0 aliphatic rings.